The molecule has 0 saturated carbocycles. The average Bonchev–Trinajstić information content (AvgIpc) is 2.98. The highest BCUT2D eigenvalue weighted by Crippen LogP contribution is 2.17. The second-order valence-electron chi connectivity index (χ2n) is 5.22. The van der Waals surface area contributed by atoms with Gasteiger partial charge in [-0.25, -0.2) is 4.52 Å². The van der Waals surface area contributed by atoms with Crippen molar-refractivity contribution in [1.82, 2.24) is 25.1 Å². The summed E-state index contributed by atoms with van der Waals surface area (Å²) in [5, 5.41) is 10.4. The lowest BCUT2D eigenvalue weighted by Crippen LogP contribution is -2.25. The van der Waals surface area contributed by atoms with Crippen molar-refractivity contribution < 1.29 is 9.53 Å². The van der Waals surface area contributed by atoms with Crippen LogP contribution in [0.2, 0.25) is 0 Å². The lowest BCUT2D eigenvalue weighted by molar-refractivity contribution is 0.0947. The van der Waals surface area contributed by atoms with Gasteiger partial charge in [0.1, 0.15) is 5.75 Å². The lowest BCUT2D eigenvalue weighted by Gasteiger charge is -2.10. The van der Waals surface area contributed by atoms with Crippen LogP contribution < -0.4 is 15.6 Å². The molecule has 0 radical (unpaired) electrons. The molecule has 2 aromatic heterocycles. The molecule has 0 aliphatic carbocycles. The maximum Gasteiger partial charge on any atom is 0.276 e. The minimum atomic E-state index is -0.467. The summed E-state index contributed by atoms with van der Waals surface area (Å²) in [5.74, 6) is 0.243. The van der Waals surface area contributed by atoms with E-state index in [1.54, 1.807) is 13.1 Å². The third-order valence-corrected chi connectivity index (χ3v) is 3.46. The van der Waals surface area contributed by atoms with Gasteiger partial charge in [0, 0.05) is 17.8 Å². The first-order valence-electron chi connectivity index (χ1n) is 7.54. The fraction of sp³-hybridized carbons (Fsp3) is 0.250. The SMILES string of the molecule is CCOc1ccccc1CNC(=O)c1nnn2cc(C)[nH]c(=O)c12. The summed E-state index contributed by atoms with van der Waals surface area (Å²) >= 11 is 0. The van der Waals surface area contributed by atoms with Gasteiger partial charge in [-0.15, -0.1) is 5.10 Å². The smallest absolute Gasteiger partial charge is 0.276 e. The van der Waals surface area contributed by atoms with E-state index in [1.165, 1.54) is 4.52 Å². The van der Waals surface area contributed by atoms with E-state index in [-0.39, 0.29) is 17.8 Å². The standard InChI is InChI=1S/C16H17N5O3/c1-3-24-12-7-5-4-6-11(12)8-17-15(22)13-14-16(23)18-10(2)9-21(14)20-19-13/h4-7,9H,3,8H2,1-2H3,(H,17,22)(H,18,23). The molecule has 1 amide bonds. The monoisotopic (exact) mass is 327 g/mol. The van der Waals surface area contributed by atoms with Gasteiger partial charge in [-0.05, 0) is 19.9 Å². The van der Waals surface area contributed by atoms with Crippen molar-refractivity contribution >= 4 is 11.4 Å². The molecular formula is C16H17N5O3. The maximum atomic E-state index is 12.4. The Kier molecular flexibility index (Phi) is 4.28. The molecule has 0 fully saturated rings. The van der Waals surface area contributed by atoms with Crippen molar-refractivity contribution in [2.45, 2.75) is 20.4 Å². The molecule has 0 saturated heterocycles. The second kappa shape index (κ2) is 6.53. The van der Waals surface area contributed by atoms with Crippen molar-refractivity contribution in [3.05, 3.63) is 57.8 Å². The van der Waals surface area contributed by atoms with Crippen LogP contribution in [0.1, 0.15) is 28.7 Å². The molecule has 8 nitrogen and oxygen atoms in total. The van der Waals surface area contributed by atoms with E-state index in [2.05, 4.69) is 20.6 Å². The first kappa shape index (κ1) is 15.7. The summed E-state index contributed by atoms with van der Waals surface area (Å²) in [4.78, 5) is 27.1. The second-order valence-corrected chi connectivity index (χ2v) is 5.22. The summed E-state index contributed by atoms with van der Waals surface area (Å²) in [6.07, 6.45) is 1.60. The normalized spacial score (nSPS) is 10.8. The number of hydrogen-bond acceptors (Lipinski definition) is 5. The van der Waals surface area contributed by atoms with E-state index >= 15 is 0 Å². The molecule has 3 aromatic rings. The lowest BCUT2D eigenvalue weighted by atomic mass is 10.2. The largest absolute Gasteiger partial charge is 0.494 e. The van der Waals surface area contributed by atoms with Crippen molar-refractivity contribution in [1.29, 1.82) is 0 Å². The first-order valence-corrected chi connectivity index (χ1v) is 7.54. The minimum absolute atomic E-state index is 0.00913. The molecule has 2 N–H and O–H groups in total. The number of carbonyl (C=O) groups is 1. The third-order valence-electron chi connectivity index (χ3n) is 3.46. The maximum absolute atomic E-state index is 12.4. The Morgan fingerprint density at radius 3 is 2.96 bits per heavy atom. The zero-order valence-corrected chi connectivity index (χ0v) is 13.4. The van der Waals surface area contributed by atoms with Gasteiger partial charge < -0.3 is 15.0 Å². The summed E-state index contributed by atoms with van der Waals surface area (Å²) in [6.45, 7) is 4.42. The average molecular weight is 327 g/mol. The van der Waals surface area contributed by atoms with Gasteiger partial charge in [-0.1, -0.05) is 23.4 Å². The number of aromatic nitrogens is 4. The van der Waals surface area contributed by atoms with Crippen LogP contribution in [0.5, 0.6) is 5.75 Å². The predicted molar refractivity (Wildman–Crippen MR) is 87.1 cm³/mol. The van der Waals surface area contributed by atoms with Gasteiger partial charge >= 0.3 is 0 Å². The molecule has 2 heterocycles. The number of hydrogen-bond donors (Lipinski definition) is 2. The number of rotatable bonds is 5. The van der Waals surface area contributed by atoms with Gasteiger partial charge in [0.25, 0.3) is 11.5 Å². The van der Waals surface area contributed by atoms with Crippen LogP contribution in [-0.2, 0) is 6.54 Å². The first-order chi connectivity index (χ1) is 11.6. The molecule has 3 rings (SSSR count). The van der Waals surface area contributed by atoms with Crippen molar-refractivity contribution in [3.8, 4) is 5.75 Å². The van der Waals surface area contributed by atoms with E-state index in [4.69, 9.17) is 4.74 Å². The van der Waals surface area contributed by atoms with E-state index in [1.807, 2.05) is 31.2 Å². The van der Waals surface area contributed by atoms with Crippen LogP contribution in [-0.4, -0.2) is 32.3 Å². The van der Waals surface area contributed by atoms with Crippen molar-refractivity contribution in [2.24, 2.45) is 0 Å². The van der Waals surface area contributed by atoms with Gasteiger partial charge in [0.2, 0.25) is 0 Å². The number of benzene rings is 1. The van der Waals surface area contributed by atoms with E-state index in [0.29, 0.717) is 18.1 Å². The highest BCUT2D eigenvalue weighted by Gasteiger charge is 2.18. The molecule has 0 aliphatic rings. The fourth-order valence-electron chi connectivity index (χ4n) is 2.41. The zero-order valence-electron chi connectivity index (χ0n) is 13.4. The Morgan fingerprint density at radius 1 is 1.38 bits per heavy atom. The molecule has 24 heavy (non-hydrogen) atoms. The van der Waals surface area contributed by atoms with Crippen LogP contribution >= 0.6 is 0 Å². The molecule has 1 aromatic carbocycles. The number of aryl methyl sites for hydroxylation is 1. The summed E-state index contributed by atoms with van der Waals surface area (Å²) < 4.78 is 6.83. The summed E-state index contributed by atoms with van der Waals surface area (Å²) in [7, 11) is 0. The number of H-pyrrole nitrogens is 1. The number of ether oxygens (including phenoxy) is 1. The highest BCUT2D eigenvalue weighted by atomic mass is 16.5. The number of para-hydroxylation sites is 1. The highest BCUT2D eigenvalue weighted by molar-refractivity contribution is 5.98. The summed E-state index contributed by atoms with van der Waals surface area (Å²) in [6, 6.07) is 7.44. The zero-order chi connectivity index (χ0) is 17.1. The van der Waals surface area contributed by atoms with E-state index in [0.717, 1.165) is 5.56 Å². The Hall–Kier alpha value is -3.16. The number of carbonyl (C=O) groups excluding carboxylic acids is 1. The molecule has 0 unspecified atom stereocenters. The minimum Gasteiger partial charge on any atom is -0.494 e. The molecule has 0 aliphatic heterocycles. The molecule has 0 atom stereocenters. The Balaban J connectivity index is 1.83. The summed E-state index contributed by atoms with van der Waals surface area (Å²) in [5.41, 5.74) is 1.19. The Labute approximate surface area is 137 Å². The fourth-order valence-corrected chi connectivity index (χ4v) is 2.41. The van der Waals surface area contributed by atoms with Gasteiger partial charge in [0.05, 0.1) is 12.8 Å². The Morgan fingerprint density at radius 2 is 2.17 bits per heavy atom. The predicted octanol–water partition coefficient (Wildman–Crippen LogP) is 1.05. The molecule has 8 heteroatoms. The topological polar surface area (TPSA) is 101 Å². The molecule has 0 spiro atoms. The van der Waals surface area contributed by atoms with Crippen LogP contribution in [0.4, 0.5) is 0 Å². The molecule has 0 bridgehead atoms. The van der Waals surface area contributed by atoms with Gasteiger partial charge in [0.15, 0.2) is 11.2 Å². The molecular weight excluding hydrogens is 310 g/mol. The number of nitrogens with one attached hydrogen (secondary N) is 2. The van der Waals surface area contributed by atoms with Crippen LogP contribution in [0.25, 0.3) is 5.52 Å². The number of amides is 1. The van der Waals surface area contributed by atoms with Crippen LogP contribution in [0, 0.1) is 6.92 Å². The van der Waals surface area contributed by atoms with E-state index < -0.39 is 11.5 Å². The van der Waals surface area contributed by atoms with Crippen molar-refractivity contribution in [2.75, 3.05) is 6.61 Å². The van der Waals surface area contributed by atoms with Crippen molar-refractivity contribution in [3.63, 3.8) is 0 Å². The van der Waals surface area contributed by atoms with E-state index in [9.17, 15) is 9.59 Å². The Bertz CT molecular complexity index is 944. The van der Waals surface area contributed by atoms with Gasteiger partial charge in [-0.2, -0.15) is 0 Å². The van der Waals surface area contributed by atoms with Crippen LogP contribution in [0.3, 0.4) is 0 Å². The molecule has 124 valence electrons. The van der Waals surface area contributed by atoms with Crippen LogP contribution in [0.15, 0.2) is 35.3 Å². The number of fused-ring (bicyclic) bond motifs is 1. The number of nitrogens with zero attached hydrogens (tertiary/aromatic N) is 3. The quantitative estimate of drug-likeness (QED) is 0.729. The van der Waals surface area contributed by atoms with Gasteiger partial charge in [-0.3, -0.25) is 9.59 Å². The third kappa shape index (κ3) is 2.98. The number of aromatic amines is 1.